The second-order valence-corrected chi connectivity index (χ2v) is 13.2. The molecule has 2 aromatic rings. The van der Waals surface area contributed by atoms with Crippen molar-refractivity contribution in [2.45, 2.75) is 42.7 Å². The van der Waals surface area contributed by atoms with Crippen molar-refractivity contribution in [1.82, 2.24) is 4.72 Å². The van der Waals surface area contributed by atoms with Crippen molar-refractivity contribution in [3.05, 3.63) is 75.4 Å². The molecule has 2 unspecified atom stereocenters. The molecule has 33 heavy (non-hydrogen) atoms. The van der Waals surface area contributed by atoms with Crippen LogP contribution < -0.4 is 4.72 Å². The van der Waals surface area contributed by atoms with E-state index in [2.05, 4.69) is 41.2 Å². The van der Waals surface area contributed by atoms with Gasteiger partial charge in [-0.05, 0) is 46.4 Å². The van der Waals surface area contributed by atoms with Crippen LogP contribution in [0.5, 0.6) is 0 Å². The van der Waals surface area contributed by atoms with Gasteiger partial charge in [0, 0.05) is 31.8 Å². The third kappa shape index (κ3) is 2.18. The van der Waals surface area contributed by atoms with Crippen LogP contribution in [0.4, 0.5) is 0 Å². The molecule has 0 aromatic heterocycles. The molecule has 1 saturated heterocycles. The summed E-state index contributed by atoms with van der Waals surface area (Å²) in [7, 11) is -1.42. The lowest BCUT2D eigenvalue weighted by Crippen LogP contribution is -2.74. The number of aliphatic hydroxyl groups is 1. The molecule has 2 N–H and O–H groups in total. The maximum absolute atomic E-state index is 14.5. The Bertz CT molecular complexity index is 1250. The van der Waals surface area contributed by atoms with Crippen LogP contribution in [-0.2, 0) is 11.0 Å². The Morgan fingerprint density at radius 3 is 2.36 bits per heavy atom. The van der Waals surface area contributed by atoms with E-state index in [1.54, 1.807) is 12.1 Å². The van der Waals surface area contributed by atoms with Crippen LogP contribution in [0.25, 0.3) is 5.57 Å². The number of hydrogen-bond acceptors (Lipinski definition) is 3. The lowest BCUT2D eigenvalue weighted by Gasteiger charge is -2.54. The molecular weight excluding hydrogens is 569 g/mol. The Kier molecular flexibility index (Phi) is 4.61. The van der Waals surface area contributed by atoms with Gasteiger partial charge in [-0.1, -0.05) is 74.5 Å². The Labute approximate surface area is 214 Å². The van der Waals surface area contributed by atoms with Gasteiger partial charge < -0.3 is 5.11 Å². The van der Waals surface area contributed by atoms with E-state index in [0.717, 1.165) is 18.4 Å². The highest BCUT2D eigenvalue weighted by atomic mass is 127. The molecule has 2 saturated carbocycles. The molecule has 0 amide bonds. The van der Waals surface area contributed by atoms with Crippen molar-refractivity contribution in [3.63, 3.8) is 0 Å². The first-order valence-corrected chi connectivity index (χ1v) is 14.0. The fourth-order valence-electron chi connectivity index (χ4n) is 7.92. The lowest BCUT2D eigenvalue weighted by atomic mass is 9.55. The summed E-state index contributed by atoms with van der Waals surface area (Å²) < 4.78 is 17.3. The van der Waals surface area contributed by atoms with Crippen LogP contribution in [0, 0.1) is 16.7 Å². The van der Waals surface area contributed by atoms with E-state index >= 15 is 0 Å². The number of benzene rings is 2. The summed E-state index contributed by atoms with van der Waals surface area (Å²) >= 11 is 9.96. The van der Waals surface area contributed by atoms with Gasteiger partial charge in [-0.25, -0.2) is 8.93 Å². The van der Waals surface area contributed by atoms with Crippen LogP contribution in [0.3, 0.4) is 0 Å². The maximum Gasteiger partial charge on any atom is 0.190 e. The predicted octanol–water partition coefficient (Wildman–Crippen LogP) is 4.88. The van der Waals surface area contributed by atoms with Crippen molar-refractivity contribution >= 4 is 56.5 Å². The first-order valence-electron chi connectivity index (χ1n) is 11.2. The molecule has 3 aliphatic carbocycles. The zero-order valence-corrected chi connectivity index (χ0v) is 22.1. The number of carbonyl (C=O) groups excluding carboxylic acids is 1. The monoisotopic (exact) mass is 593 g/mol. The third-order valence-corrected chi connectivity index (χ3v) is 12.5. The largest absolute Gasteiger partial charge is 0.382 e. The number of fused-ring (bicyclic) bond motifs is 2. The van der Waals surface area contributed by atoms with Crippen LogP contribution in [0.15, 0.2) is 64.2 Å². The SMILES string of the molecule is CC1(C)[C@@H]2CC[C@]13CS(=O)N[C@@]31C(Cl)(C(=O)c3ccccc3)C(c3ccccc3)=C(I)[C@@]21O. The molecule has 172 valence electrons. The van der Waals surface area contributed by atoms with Crippen LogP contribution in [0.2, 0.25) is 0 Å². The summed E-state index contributed by atoms with van der Waals surface area (Å²) in [4.78, 5) is 12.9. The molecule has 3 fully saturated rings. The van der Waals surface area contributed by atoms with Crippen molar-refractivity contribution in [3.8, 4) is 0 Å². The molecule has 6 atom stereocenters. The van der Waals surface area contributed by atoms with Gasteiger partial charge in [-0.2, -0.15) is 0 Å². The van der Waals surface area contributed by atoms with Crippen molar-refractivity contribution in [2.24, 2.45) is 16.7 Å². The number of carbonyl (C=O) groups is 1. The molecule has 1 heterocycles. The second kappa shape index (κ2) is 6.78. The number of rotatable bonds is 3. The van der Waals surface area contributed by atoms with Gasteiger partial charge in [0.15, 0.2) is 10.7 Å². The summed E-state index contributed by atoms with van der Waals surface area (Å²) in [5, 5.41) is 12.8. The van der Waals surface area contributed by atoms with Crippen LogP contribution >= 0.6 is 34.2 Å². The number of alkyl halides is 1. The summed E-state index contributed by atoms with van der Waals surface area (Å²) in [5.74, 6) is 0.00822. The zero-order valence-electron chi connectivity index (χ0n) is 18.4. The summed E-state index contributed by atoms with van der Waals surface area (Å²) in [6.45, 7) is 4.31. The normalized spacial score (nSPS) is 42.5. The van der Waals surface area contributed by atoms with E-state index in [9.17, 15) is 14.1 Å². The molecule has 2 bridgehead atoms. The topological polar surface area (TPSA) is 66.4 Å². The quantitative estimate of drug-likeness (QED) is 0.303. The fraction of sp³-hybridized carbons (Fsp3) is 0.423. The van der Waals surface area contributed by atoms with Gasteiger partial charge in [0.1, 0.15) is 11.1 Å². The van der Waals surface area contributed by atoms with E-state index in [4.69, 9.17) is 11.6 Å². The molecule has 6 rings (SSSR count). The average Bonchev–Trinajstić information content (AvgIpc) is 3.36. The van der Waals surface area contributed by atoms with Crippen LogP contribution in [0.1, 0.15) is 42.6 Å². The molecule has 2 spiro atoms. The van der Waals surface area contributed by atoms with E-state index in [1.807, 2.05) is 48.5 Å². The fourth-order valence-corrected chi connectivity index (χ4v) is 12.4. The van der Waals surface area contributed by atoms with E-state index in [1.165, 1.54) is 0 Å². The van der Waals surface area contributed by atoms with Crippen molar-refractivity contribution in [1.29, 1.82) is 0 Å². The number of halogens is 2. The molecule has 4 aliphatic rings. The van der Waals surface area contributed by atoms with Gasteiger partial charge in [-0.3, -0.25) is 4.79 Å². The lowest BCUT2D eigenvalue weighted by molar-refractivity contribution is -0.0555. The summed E-state index contributed by atoms with van der Waals surface area (Å²) in [6, 6.07) is 18.7. The second-order valence-electron chi connectivity index (χ2n) is 10.4. The van der Waals surface area contributed by atoms with Gasteiger partial charge in [-0.15, -0.1) is 11.6 Å². The first kappa shape index (κ1) is 22.4. The van der Waals surface area contributed by atoms with Gasteiger partial charge in [0.05, 0.1) is 11.0 Å². The molecule has 0 radical (unpaired) electrons. The van der Waals surface area contributed by atoms with Gasteiger partial charge in [0.25, 0.3) is 0 Å². The van der Waals surface area contributed by atoms with Crippen LogP contribution in [-0.4, -0.2) is 36.9 Å². The van der Waals surface area contributed by atoms with E-state index < -0.39 is 32.4 Å². The van der Waals surface area contributed by atoms with Crippen molar-refractivity contribution in [2.75, 3.05) is 5.75 Å². The molecular formula is C26H25ClINO3S. The van der Waals surface area contributed by atoms with Crippen molar-refractivity contribution < 1.29 is 14.1 Å². The first-order chi connectivity index (χ1) is 15.6. The summed E-state index contributed by atoms with van der Waals surface area (Å²) in [5.41, 5.74) is -1.69. The minimum Gasteiger partial charge on any atom is -0.382 e. The number of hydrogen-bond donors (Lipinski definition) is 2. The Morgan fingerprint density at radius 1 is 1.12 bits per heavy atom. The number of ketones is 1. The van der Waals surface area contributed by atoms with Gasteiger partial charge in [0.2, 0.25) is 0 Å². The predicted molar refractivity (Wildman–Crippen MR) is 140 cm³/mol. The Morgan fingerprint density at radius 2 is 1.73 bits per heavy atom. The highest BCUT2D eigenvalue weighted by molar-refractivity contribution is 14.1. The molecule has 7 heteroatoms. The maximum atomic E-state index is 14.5. The van der Waals surface area contributed by atoms with Gasteiger partial charge >= 0.3 is 0 Å². The van der Waals surface area contributed by atoms with E-state index in [-0.39, 0.29) is 17.1 Å². The average molecular weight is 594 g/mol. The van der Waals surface area contributed by atoms with E-state index in [0.29, 0.717) is 20.5 Å². The zero-order chi connectivity index (χ0) is 23.4. The molecule has 2 aromatic carbocycles. The number of Topliss-reactive ketones (excluding diaryl/α,β-unsaturated/α-hetero) is 1. The molecule has 4 nitrogen and oxygen atoms in total. The Balaban J connectivity index is 1.74. The standard InChI is InChI=1S/C26H25ClINO3S/c1-22(2)18-13-14-23(22)15-33(32)29-26(23)24(27,21(30)17-11-7-4-8-12-17)19(20(28)25(18,26)31)16-9-5-3-6-10-16/h3-12,18,29,31H,13-15H2,1-2H3/t18-,23-,24?,25-,26+,33?/m0/s1. The number of nitrogens with one attached hydrogen (secondary N) is 1. The highest BCUT2D eigenvalue weighted by Gasteiger charge is 2.93. The highest BCUT2D eigenvalue weighted by Crippen LogP contribution is 2.83. The third-order valence-electron chi connectivity index (χ3n) is 9.23. The Hall–Kier alpha value is -1.06. The summed E-state index contributed by atoms with van der Waals surface area (Å²) in [6.07, 6.45) is 1.58. The molecule has 1 aliphatic heterocycles. The minimum atomic E-state index is -1.63. The minimum absolute atomic E-state index is 0.107. The smallest absolute Gasteiger partial charge is 0.190 e.